The van der Waals surface area contributed by atoms with Crippen LogP contribution < -0.4 is 10.1 Å². The van der Waals surface area contributed by atoms with Gasteiger partial charge in [0, 0.05) is 11.0 Å². The SMILES string of the molecule is C[C@H](NC[C@@H](O)COc1ccc(Br)cc1)C(=O)O. The lowest BCUT2D eigenvalue weighted by Gasteiger charge is -2.15. The van der Waals surface area contributed by atoms with E-state index in [0.29, 0.717) is 5.75 Å². The fourth-order valence-corrected chi connectivity index (χ4v) is 1.45. The van der Waals surface area contributed by atoms with Crippen LogP contribution in [0.1, 0.15) is 6.92 Å². The van der Waals surface area contributed by atoms with E-state index >= 15 is 0 Å². The van der Waals surface area contributed by atoms with Crippen molar-refractivity contribution in [1.29, 1.82) is 0 Å². The maximum absolute atomic E-state index is 10.5. The number of aliphatic hydroxyl groups excluding tert-OH is 1. The summed E-state index contributed by atoms with van der Waals surface area (Å²) in [4.78, 5) is 10.5. The van der Waals surface area contributed by atoms with Gasteiger partial charge in [-0.3, -0.25) is 4.79 Å². The molecular formula is C12H16BrNO4. The van der Waals surface area contributed by atoms with Crippen LogP contribution in [0.4, 0.5) is 0 Å². The molecule has 0 fully saturated rings. The van der Waals surface area contributed by atoms with Crippen molar-refractivity contribution in [3.05, 3.63) is 28.7 Å². The van der Waals surface area contributed by atoms with E-state index in [1.165, 1.54) is 6.92 Å². The number of hydrogen-bond donors (Lipinski definition) is 3. The Bertz CT molecular complexity index is 382. The summed E-state index contributed by atoms with van der Waals surface area (Å²) in [5.74, 6) is -0.292. The largest absolute Gasteiger partial charge is 0.491 e. The Morgan fingerprint density at radius 2 is 2.06 bits per heavy atom. The van der Waals surface area contributed by atoms with Crippen LogP contribution in [0.25, 0.3) is 0 Å². The number of rotatable bonds is 7. The second kappa shape index (κ2) is 7.35. The fourth-order valence-electron chi connectivity index (χ4n) is 1.18. The predicted octanol–water partition coefficient (Wildman–Crippen LogP) is 1.25. The fraction of sp³-hybridized carbons (Fsp3) is 0.417. The van der Waals surface area contributed by atoms with Crippen LogP contribution in [-0.4, -0.2) is 41.5 Å². The Morgan fingerprint density at radius 1 is 1.44 bits per heavy atom. The maximum atomic E-state index is 10.5. The number of carboxylic acids is 1. The molecule has 0 aliphatic carbocycles. The number of benzene rings is 1. The molecule has 18 heavy (non-hydrogen) atoms. The third-order valence-electron chi connectivity index (χ3n) is 2.29. The van der Waals surface area contributed by atoms with E-state index in [0.717, 1.165) is 4.47 Å². The van der Waals surface area contributed by atoms with Gasteiger partial charge in [0.1, 0.15) is 24.5 Å². The Morgan fingerprint density at radius 3 is 2.61 bits per heavy atom. The number of hydrogen-bond acceptors (Lipinski definition) is 4. The summed E-state index contributed by atoms with van der Waals surface area (Å²) in [5, 5.41) is 20.9. The molecule has 3 N–H and O–H groups in total. The van der Waals surface area contributed by atoms with Crippen molar-refractivity contribution in [1.82, 2.24) is 5.32 Å². The van der Waals surface area contributed by atoms with Crippen LogP contribution in [0.2, 0.25) is 0 Å². The van der Waals surface area contributed by atoms with Gasteiger partial charge in [-0.1, -0.05) is 15.9 Å². The average molecular weight is 318 g/mol. The summed E-state index contributed by atoms with van der Waals surface area (Å²) in [6.07, 6.45) is -0.754. The van der Waals surface area contributed by atoms with Gasteiger partial charge in [0.05, 0.1) is 0 Å². The molecule has 0 saturated heterocycles. The zero-order chi connectivity index (χ0) is 13.5. The first-order valence-corrected chi connectivity index (χ1v) is 6.31. The minimum absolute atomic E-state index is 0.112. The first kappa shape index (κ1) is 14.9. The quantitative estimate of drug-likeness (QED) is 0.705. The highest BCUT2D eigenvalue weighted by Crippen LogP contribution is 2.16. The van der Waals surface area contributed by atoms with E-state index in [1.807, 2.05) is 12.1 Å². The summed E-state index contributed by atoms with van der Waals surface area (Å²) in [6, 6.07) is 6.56. The molecule has 2 atom stereocenters. The number of halogens is 1. The molecular weight excluding hydrogens is 302 g/mol. The van der Waals surface area contributed by atoms with Gasteiger partial charge in [0.2, 0.25) is 0 Å². The molecule has 0 aliphatic heterocycles. The molecule has 0 radical (unpaired) electrons. The van der Waals surface area contributed by atoms with Crippen LogP contribution in [0.3, 0.4) is 0 Å². The first-order valence-electron chi connectivity index (χ1n) is 5.51. The molecule has 0 saturated carbocycles. The van der Waals surface area contributed by atoms with Crippen LogP contribution in [0, 0.1) is 0 Å². The molecule has 1 rings (SSSR count). The van der Waals surface area contributed by atoms with E-state index in [1.54, 1.807) is 12.1 Å². The lowest BCUT2D eigenvalue weighted by atomic mass is 10.3. The van der Waals surface area contributed by atoms with Crippen LogP contribution in [0.5, 0.6) is 5.75 Å². The smallest absolute Gasteiger partial charge is 0.320 e. The van der Waals surface area contributed by atoms with Crippen molar-refractivity contribution in [2.24, 2.45) is 0 Å². The molecule has 0 heterocycles. The number of nitrogens with one attached hydrogen (secondary N) is 1. The van der Waals surface area contributed by atoms with Crippen molar-refractivity contribution < 1.29 is 19.7 Å². The van der Waals surface area contributed by atoms with E-state index in [9.17, 15) is 9.90 Å². The maximum Gasteiger partial charge on any atom is 0.320 e. The van der Waals surface area contributed by atoms with E-state index in [-0.39, 0.29) is 13.2 Å². The van der Waals surface area contributed by atoms with Gasteiger partial charge in [0.25, 0.3) is 0 Å². The zero-order valence-corrected chi connectivity index (χ0v) is 11.6. The normalized spacial score (nSPS) is 13.9. The van der Waals surface area contributed by atoms with Crippen LogP contribution >= 0.6 is 15.9 Å². The van der Waals surface area contributed by atoms with Gasteiger partial charge in [-0.2, -0.15) is 0 Å². The summed E-state index contributed by atoms with van der Waals surface area (Å²) in [5.41, 5.74) is 0. The monoisotopic (exact) mass is 317 g/mol. The van der Waals surface area contributed by atoms with Crippen molar-refractivity contribution in [2.75, 3.05) is 13.2 Å². The van der Waals surface area contributed by atoms with Gasteiger partial charge in [-0.05, 0) is 31.2 Å². The highest BCUT2D eigenvalue weighted by atomic mass is 79.9. The van der Waals surface area contributed by atoms with Crippen LogP contribution in [0.15, 0.2) is 28.7 Å². The number of aliphatic hydroxyl groups is 1. The molecule has 1 aromatic carbocycles. The van der Waals surface area contributed by atoms with Crippen molar-refractivity contribution in [2.45, 2.75) is 19.1 Å². The Labute approximate surface area is 114 Å². The molecule has 0 aliphatic rings. The summed E-state index contributed by atoms with van der Waals surface area (Å²) >= 11 is 3.31. The van der Waals surface area contributed by atoms with E-state index in [2.05, 4.69) is 21.2 Å². The van der Waals surface area contributed by atoms with Crippen molar-refractivity contribution in [3.8, 4) is 5.75 Å². The molecule has 0 bridgehead atoms. The highest BCUT2D eigenvalue weighted by molar-refractivity contribution is 9.10. The van der Waals surface area contributed by atoms with Gasteiger partial charge in [0.15, 0.2) is 0 Å². The summed E-state index contributed by atoms with van der Waals surface area (Å²) < 4.78 is 6.31. The van der Waals surface area contributed by atoms with Gasteiger partial charge >= 0.3 is 5.97 Å². The van der Waals surface area contributed by atoms with E-state index in [4.69, 9.17) is 9.84 Å². The third kappa shape index (κ3) is 5.48. The minimum Gasteiger partial charge on any atom is -0.491 e. The van der Waals surface area contributed by atoms with Crippen molar-refractivity contribution >= 4 is 21.9 Å². The molecule has 1 aromatic rings. The number of carboxylic acid groups (broad SMARTS) is 1. The second-order valence-electron chi connectivity index (χ2n) is 3.89. The van der Waals surface area contributed by atoms with Gasteiger partial charge in [-0.25, -0.2) is 0 Å². The molecule has 100 valence electrons. The Kier molecular flexibility index (Phi) is 6.11. The molecule has 0 unspecified atom stereocenters. The second-order valence-corrected chi connectivity index (χ2v) is 4.80. The average Bonchev–Trinajstić information content (AvgIpc) is 2.35. The number of carbonyl (C=O) groups is 1. The standard InChI is InChI=1S/C12H16BrNO4/c1-8(12(16)17)14-6-10(15)7-18-11-4-2-9(13)3-5-11/h2-5,8,10,14-15H,6-7H2,1H3,(H,16,17)/t8-,10+/m0/s1. The molecule has 0 aromatic heterocycles. The summed E-state index contributed by atoms with van der Waals surface area (Å²) in [7, 11) is 0. The molecule has 0 spiro atoms. The molecule has 0 amide bonds. The highest BCUT2D eigenvalue weighted by Gasteiger charge is 2.12. The lowest BCUT2D eigenvalue weighted by molar-refractivity contribution is -0.139. The Balaban J connectivity index is 2.26. The minimum atomic E-state index is -0.948. The van der Waals surface area contributed by atoms with E-state index < -0.39 is 18.1 Å². The number of aliphatic carboxylic acids is 1. The Hall–Kier alpha value is -1.11. The zero-order valence-electron chi connectivity index (χ0n) is 9.97. The molecule has 5 nitrogen and oxygen atoms in total. The first-order chi connectivity index (χ1) is 8.49. The lowest BCUT2D eigenvalue weighted by Crippen LogP contribution is -2.40. The van der Waals surface area contributed by atoms with Gasteiger partial charge in [-0.15, -0.1) is 0 Å². The topological polar surface area (TPSA) is 78.8 Å². The predicted molar refractivity (Wildman–Crippen MR) is 70.7 cm³/mol. The van der Waals surface area contributed by atoms with Crippen molar-refractivity contribution in [3.63, 3.8) is 0 Å². The molecule has 6 heteroatoms. The third-order valence-corrected chi connectivity index (χ3v) is 2.81. The van der Waals surface area contributed by atoms with Crippen LogP contribution in [-0.2, 0) is 4.79 Å². The number of ether oxygens (including phenoxy) is 1. The summed E-state index contributed by atoms with van der Waals surface area (Å²) in [6.45, 7) is 1.80. The van der Waals surface area contributed by atoms with Gasteiger partial charge < -0.3 is 20.3 Å².